The van der Waals surface area contributed by atoms with Gasteiger partial charge in [-0.2, -0.15) is 5.26 Å². The van der Waals surface area contributed by atoms with Crippen molar-refractivity contribution in [3.8, 4) is 6.07 Å². The van der Waals surface area contributed by atoms with E-state index in [1.165, 1.54) is 18.2 Å². The van der Waals surface area contributed by atoms with E-state index < -0.39 is 16.8 Å². The highest BCUT2D eigenvalue weighted by atomic mass is 16.6. The maximum Gasteiger partial charge on any atom is 0.308 e. The van der Waals surface area contributed by atoms with Gasteiger partial charge in [0, 0.05) is 19.2 Å². The van der Waals surface area contributed by atoms with Gasteiger partial charge in [-0.1, -0.05) is 0 Å². The van der Waals surface area contributed by atoms with Crippen LogP contribution in [0.1, 0.15) is 12.0 Å². The zero-order valence-corrected chi connectivity index (χ0v) is 9.94. The average molecular weight is 261 g/mol. The predicted octanol–water partition coefficient (Wildman–Crippen LogP) is 1.38. The van der Waals surface area contributed by atoms with Crippen molar-refractivity contribution in [3.63, 3.8) is 0 Å². The number of anilines is 1. The van der Waals surface area contributed by atoms with E-state index in [-0.39, 0.29) is 17.8 Å². The van der Waals surface area contributed by atoms with E-state index in [9.17, 15) is 14.9 Å². The zero-order chi connectivity index (χ0) is 14.0. The minimum Gasteiger partial charge on any atom is -0.481 e. The van der Waals surface area contributed by atoms with Crippen molar-refractivity contribution >= 4 is 17.3 Å². The van der Waals surface area contributed by atoms with Crippen molar-refractivity contribution in [2.75, 3.05) is 18.0 Å². The minimum absolute atomic E-state index is 0.162. The molecule has 1 aromatic rings. The van der Waals surface area contributed by atoms with Crippen LogP contribution in [0.15, 0.2) is 18.2 Å². The molecule has 7 heteroatoms. The number of nitriles is 1. The molecule has 0 amide bonds. The normalized spacial score (nSPS) is 18.1. The summed E-state index contributed by atoms with van der Waals surface area (Å²) in [6.45, 7) is 0.714. The molecule has 19 heavy (non-hydrogen) atoms. The highest BCUT2D eigenvalue weighted by Gasteiger charge is 2.31. The molecule has 0 aromatic heterocycles. The maximum absolute atomic E-state index is 11.0. The van der Waals surface area contributed by atoms with Gasteiger partial charge in [-0.3, -0.25) is 14.9 Å². The third-order valence-electron chi connectivity index (χ3n) is 3.18. The van der Waals surface area contributed by atoms with Crippen LogP contribution in [0, 0.1) is 27.4 Å². The van der Waals surface area contributed by atoms with Crippen molar-refractivity contribution in [3.05, 3.63) is 33.9 Å². The van der Waals surface area contributed by atoms with Gasteiger partial charge >= 0.3 is 5.97 Å². The number of carboxylic acid groups (broad SMARTS) is 1. The van der Waals surface area contributed by atoms with E-state index >= 15 is 0 Å². The Morgan fingerprint density at radius 1 is 1.58 bits per heavy atom. The molecule has 0 saturated carbocycles. The smallest absolute Gasteiger partial charge is 0.308 e. The van der Waals surface area contributed by atoms with Gasteiger partial charge in [0.2, 0.25) is 0 Å². The van der Waals surface area contributed by atoms with Gasteiger partial charge in [-0.25, -0.2) is 0 Å². The number of hydrogen-bond acceptors (Lipinski definition) is 5. The summed E-state index contributed by atoms with van der Waals surface area (Å²) < 4.78 is 0. The summed E-state index contributed by atoms with van der Waals surface area (Å²) in [4.78, 5) is 23.0. The molecule has 0 radical (unpaired) electrons. The number of aliphatic carboxylic acids is 1. The van der Waals surface area contributed by atoms with Crippen LogP contribution >= 0.6 is 0 Å². The first-order chi connectivity index (χ1) is 9.02. The van der Waals surface area contributed by atoms with E-state index in [2.05, 4.69) is 0 Å². The first kappa shape index (κ1) is 12.8. The predicted molar refractivity (Wildman–Crippen MR) is 65.8 cm³/mol. The quantitative estimate of drug-likeness (QED) is 0.650. The van der Waals surface area contributed by atoms with E-state index in [0.717, 1.165) is 0 Å². The number of carboxylic acids is 1. The van der Waals surface area contributed by atoms with Crippen LogP contribution in [0.3, 0.4) is 0 Å². The molecule has 1 aromatic carbocycles. The Hall–Kier alpha value is -2.62. The van der Waals surface area contributed by atoms with Crippen LogP contribution < -0.4 is 4.90 Å². The highest BCUT2D eigenvalue weighted by molar-refractivity contribution is 5.73. The molecular formula is C12H11N3O4. The second-order valence-corrected chi connectivity index (χ2v) is 4.34. The van der Waals surface area contributed by atoms with E-state index in [4.69, 9.17) is 10.4 Å². The molecule has 1 saturated heterocycles. The van der Waals surface area contributed by atoms with Crippen molar-refractivity contribution in [1.82, 2.24) is 0 Å². The Balaban J connectivity index is 2.33. The number of nitro groups is 1. The Bertz CT molecular complexity index is 579. The van der Waals surface area contributed by atoms with Gasteiger partial charge in [-0.05, 0) is 18.6 Å². The summed E-state index contributed by atoms with van der Waals surface area (Å²) in [5.41, 5.74) is 0.419. The van der Waals surface area contributed by atoms with Crippen molar-refractivity contribution < 1.29 is 14.8 Å². The van der Waals surface area contributed by atoms with Gasteiger partial charge < -0.3 is 10.0 Å². The van der Waals surface area contributed by atoms with Crippen LogP contribution in [-0.2, 0) is 4.79 Å². The lowest BCUT2D eigenvalue weighted by molar-refractivity contribution is -0.384. The average Bonchev–Trinajstić information content (AvgIpc) is 2.87. The number of rotatable bonds is 3. The molecule has 1 N–H and O–H groups in total. The molecular weight excluding hydrogens is 250 g/mol. The largest absolute Gasteiger partial charge is 0.481 e. The summed E-state index contributed by atoms with van der Waals surface area (Å²) in [7, 11) is 0. The van der Waals surface area contributed by atoms with Gasteiger partial charge in [0.05, 0.1) is 22.5 Å². The van der Waals surface area contributed by atoms with Crippen molar-refractivity contribution in [2.24, 2.45) is 5.92 Å². The fourth-order valence-electron chi connectivity index (χ4n) is 2.19. The maximum atomic E-state index is 11.0. The zero-order valence-electron chi connectivity index (χ0n) is 9.94. The minimum atomic E-state index is -0.890. The van der Waals surface area contributed by atoms with E-state index in [1.807, 2.05) is 6.07 Å². The highest BCUT2D eigenvalue weighted by Crippen LogP contribution is 2.32. The molecule has 2 rings (SSSR count). The van der Waals surface area contributed by atoms with Crippen LogP contribution in [0.25, 0.3) is 0 Å². The fourth-order valence-corrected chi connectivity index (χ4v) is 2.19. The number of benzene rings is 1. The molecule has 0 bridgehead atoms. The van der Waals surface area contributed by atoms with Gasteiger partial charge in [0.25, 0.3) is 5.69 Å². The molecule has 1 aliphatic heterocycles. The molecule has 7 nitrogen and oxygen atoms in total. The van der Waals surface area contributed by atoms with Crippen LogP contribution in [-0.4, -0.2) is 29.1 Å². The Morgan fingerprint density at radius 3 is 2.84 bits per heavy atom. The van der Waals surface area contributed by atoms with Crippen molar-refractivity contribution in [2.45, 2.75) is 6.42 Å². The molecule has 0 spiro atoms. The second-order valence-electron chi connectivity index (χ2n) is 4.34. The molecule has 1 atom stereocenters. The number of carbonyl (C=O) groups is 1. The molecule has 1 fully saturated rings. The Morgan fingerprint density at radius 2 is 2.32 bits per heavy atom. The van der Waals surface area contributed by atoms with Gasteiger partial charge in [-0.15, -0.1) is 0 Å². The second kappa shape index (κ2) is 4.94. The third-order valence-corrected chi connectivity index (χ3v) is 3.18. The summed E-state index contributed by atoms with van der Waals surface area (Å²) in [6, 6.07) is 6.06. The Labute approximate surface area is 108 Å². The van der Waals surface area contributed by atoms with Gasteiger partial charge in [0.1, 0.15) is 5.69 Å². The van der Waals surface area contributed by atoms with Crippen LogP contribution in [0.4, 0.5) is 11.4 Å². The molecule has 1 heterocycles. The van der Waals surface area contributed by atoms with E-state index in [1.54, 1.807) is 4.90 Å². The van der Waals surface area contributed by atoms with Crippen LogP contribution in [0.2, 0.25) is 0 Å². The Kier molecular flexibility index (Phi) is 3.33. The summed E-state index contributed by atoms with van der Waals surface area (Å²) in [5, 5.41) is 28.7. The van der Waals surface area contributed by atoms with Crippen LogP contribution in [0.5, 0.6) is 0 Å². The summed E-state index contributed by atoms with van der Waals surface area (Å²) in [6.07, 6.45) is 0.465. The number of hydrogen-bond donors (Lipinski definition) is 1. The SMILES string of the molecule is N#Cc1ccc(N2CCC(C(=O)O)C2)c([N+](=O)[O-])c1. The lowest BCUT2D eigenvalue weighted by Gasteiger charge is -2.17. The van der Waals surface area contributed by atoms with Gasteiger partial charge in [0.15, 0.2) is 0 Å². The first-order valence-corrected chi connectivity index (χ1v) is 5.69. The molecule has 0 aliphatic carbocycles. The first-order valence-electron chi connectivity index (χ1n) is 5.69. The fraction of sp³-hybridized carbons (Fsp3) is 0.333. The van der Waals surface area contributed by atoms with Crippen molar-refractivity contribution in [1.29, 1.82) is 5.26 Å². The summed E-state index contributed by atoms with van der Waals surface area (Å²) >= 11 is 0. The monoisotopic (exact) mass is 261 g/mol. The molecule has 1 unspecified atom stereocenters. The lowest BCUT2D eigenvalue weighted by Crippen LogP contribution is -2.23. The topological polar surface area (TPSA) is 107 Å². The molecule has 1 aliphatic rings. The molecule has 98 valence electrons. The van der Waals surface area contributed by atoms with E-state index in [0.29, 0.717) is 18.7 Å². The summed E-state index contributed by atoms with van der Waals surface area (Å²) in [5.74, 6) is -1.39. The third kappa shape index (κ3) is 2.47. The standard InChI is InChI=1S/C12H11N3O4/c13-6-8-1-2-10(11(5-8)15(18)19)14-4-3-9(7-14)12(16)17/h1-2,5,9H,3-4,7H2,(H,16,17). The number of nitro benzene ring substituents is 1. The number of nitrogens with zero attached hydrogens (tertiary/aromatic N) is 3. The lowest BCUT2D eigenvalue weighted by atomic mass is 10.1.